The molecule has 0 N–H and O–H groups in total. The fourth-order valence-electron chi connectivity index (χ4n) is 11.9. The molecule has 14 rings (SSSR count). The van der Waals surface area contributed by atoms with E-state index in [1.807, 2.05) is 11.3 Å². The van der Waals surface area contributed by atoms with Crippen LogP contribution in [0.4, 0.5) is 17.1 Å². The molecule has 0 atom stereocenters. The van der Waals surface area contributed by atoms with Gasteiger partial charge < -0.3 is 4.90 Å². The van der Waals surface area contributed by atoms with Crippen molar-refractivity contribution < 1.29 is 0 Å². The Hall–Kier alpha value is -8.04. The highest BCUT2D eigenvalue weighted by molar-refractivity contribution is 7.25. The molecule has 0 unspecified atom stereocenters. The molecule has 1 spiro atoms. The lowest BCUT2D eigenvalue weighted by Crippen LogP contribution is -2.26. The van der Waals surface area contributed by atoms with Crippen LogP contribution in [-0.2, 0) is 5.41 Å². The molecule has 1 heterocycles. The molecule has 12 aromatic rings. The first-order valence-electron chi connectivity index (χ1n) is 22.9. The summed E-state index contributed by atoms with van der Waals surface area (Å²) in [5.41, 5.74) is 19.8. The minimum Gasteiger partial charge on any atom is -0.310 e. The molecule has 0 bridgehead atoms. The third-order valence-electron chi connectivity index (χ3n) is 14.6. The average molecular weight is 856 g/mol. The predicted octanol–water partition coefficient (Wildman–Crippen LogP) is 17.8. The molecule has 66 heavy (non-hydrogen) atoms. The van der Waals surface area contributed by atoms with E-state index in [0.717, 1.165) is 5.69 Å². The van der Waals surface area contributed by atoms with E-state index in [1.54, 1.807) is 0 Å². The van der Waals surface area contributed by atoms with E-state index in [2.05, 4.69) is 242 Å². The smallest absolute Gasteiger partial charge is 0.0726 e. The number of rotatable bonds is 5. The van der Waals surface area contributed by atoms with Crippen LogP contribution >= 0.6 is 11.3 Å². The Balaban J connectivity index is 0.990. The Bertz CT molecular complexity index is 3910. The van der Waals surface area contributed by atoms with E-state index in [0.29, 0.717) is 0 Å². The van der Waals surface area contributed by atoms with Gasteiger partial charge in [0.05, 0.1) is 11.1 Å². The molecule has 0 amide bonds. The molecule has 2 aliphatic carbocycles. The van der Waals surface area contributed by atoms with Gasteiger partial charge in [-0.1, -0.05) is 194 Å². The lowest BCUT2D eigenvalue weighted by atomic mass is 9.70. The Morgan fingerprint density at radius 3 is 1.62 bits per heavy atom. The molecule has 0 saturated heterocycles. The maximum absolute atomic E-state index is 2.55. The first-order valence-corrected chi connectivity index (χ1v) is 23.7. The summed E-state index contributed by atoms with van der Waals surface area (Å²) in [6.45, 7) is 2.28. The molecule has 2 heteroatoms. The van der Waals surface area contributed by atoms with Gasteiger partial charge in [-0.25, -0.2) is 0 Å². The molecule has 308 valence electrons. The number of aryl methyl sites for hydroxylation is 1. The number of fused-ring (bicyclic) bond motifs is 15. The Morgan fingerprint density at radius 1 is 0.348 bits per heavy atom. The van der Waals surface area contributed by atoms with Crippen molar-refractivity contribution in [1.82, 2.24) is 0 Å². The molecular weight excluding hydrogens is 815 g/mol. The van der Waals surface area contributed by atoms with Gasteiger partial charge in [0.2, 0.25) is 0 Å². The van der Waals surface area contributed by atoms with Crippen LogP contribution in [0.25, 0.3) is 86.2 Å². The van der Waals surface area contributed by atoms with E-state index < -0.39 is 5.41 Å². The van der Waals surface area contributed by atoms with Crippen LogP contribution in [0.3, 0.4) is 0 Å². The minimum atomic E-state index is -0.438. The van der Waals surface area contributed by atoms with Gasteiger partial charge in [0.15, 0.2) is 0 Å². The molecule has 1 aromatic heterocycles. The van der Waals surface area contributed by atoms with Crippen molar-refractivity contribution in [3.8, 4) is 44.5 Å². The summed E-state index contributed by atoms with van der Waals surface area (Å²) < 4.78 is 2.63. The van der Waals surface area contributed by atoms with Gasteiger partial charge in [0.25, 0.3) is 0 Å². The van der Waals surface area contributed by atoms with E-state index >= 15 is 0 Å². The second kappa shape index (κ2) is 14.2. The van der Waals surface area contributed by atoms with Gasteiger partial charge in [-0.15, -0.1) is 11.3 Å². The van der Waals surface area contributed by atoms with E-state index in [1.165, 1.54) is 125 Å². The van der Waals surface area contributed by atoms with Crippen molar-refractivity contribution in [2.75, 3.05) is 4.90 Å². The normalized spacial score (nSPS) is 13.0. The number of thiophene rings is 1. The van der Waals surface area contributed by atoms with Crippen LogP contribution in [0, 0.1) is 6.92 Å². The second-order valence-electron chi connectivity index (χ2n) is 17.9. The van der Waals surface area contributed by atoms with Gasteiger partial charge in [0, 0.05) is 37.1 Å². The molecule has 1 nitrogen and oxygen atoms in total. The van der Waals surface area contributed by atoms with Crippen molar-refractivity contribution >= 4 is 70.1 Å². The topological polar surface area (TPSA) is 3.24 Å². The first-order chi connectivity index (χ1) is 32.7. The summed E-state index contributed by atoms with van der Waals surface area (Å²) in [5.74, 6) is 0. The van der Waals surface area contributed by atoms with Gasteiger partial charge in [-0.2, -0.15) is 0 Å². The molecule has 0 saturated carbocycles. The molecule has 2 aliphatic rings. The number of benzene rings is 11. The SMILES string of the molecule is Cc1cc2sc3ccccc3c2cc1N(c1ccc(-c2cccc3c(-c4cccc5ccccc45)cccc23)cc1)c1cccc2c1-c1ccccc1C21c2ccccc2-c2ccccc21. The minimum absolute atomic E-state index is 0.438. The number of hydrogen-bond donors (Lipinski definition) is 0. The summed E-state index contributed by atoms with van der Waals surface area (Å²) in [7, 11) is 0. The maximum atomic E-state index is 2.55. The third-order valence-corrected chi connectivity index (χ3v) is 15.7. The average Bonchev–Trinajstić information content (AvgIpc) is 4.00. The number of hydrogen-bond acceptors (Lipinski definition) is 2. The molecule has 0 radical (unpaired) electrons. The number of nitrogens with zero attached hydrogens (tertiary/aromatic N) is 1. The quantitative estimate of drug-likeness (QED) is 0.167. The van der Waals surface area contributed by atoms with E-state index in [9.17, 15) is 0 Å². The van der Waals surface area contributed by atoms with Crippen molar-refractivity contribution in [1.29, 1.82) is 0 Å². The monoisotopic (exact) mass is 855 g/mol. The zero-order valence-electron chi connectivity index (χ0n) is 36.3. The van der Waals surface area contributed by atoms with Gasteiger partial charge in [-0.3, -0.25) is 0 Å². The van der Waals surface area contributed by atoms with Crippen LogP contribution in [0.1, 0.15) is 27.8 Å². The molecule has 0 fully saturated rings. The summed E-state index contributed by atoms with van der Waals surface area (Å²) >= 11 is 1.88. The van der Waals surface area contributed by atoms with Crippen molar-refractivity contribution in [2.24, 2.45) is 0 Å². The maximum Gasteiger partial charge on any atom is 0.0726 e. The van der Waals surface area contributed by atoms with E-state index in [-0.39, 0.29) is 0 Å². The van der Waals surface area contributed by atoms with Crippen molar-refractivity contribution in [2.45, 2.75) is 12.3 Å². The summed E-state index contributed by atoms with van der Waals surface area (Å²) in [6.07, 6.45) is 0. The summed E-state index contributed by atoms with van der Waals surface area (Å²) in [5, 5.41) is 7.62. The van der Waals surface area contributed by atoms with Crippen LogP contribution < -0.4 is 4.90 Å². The zero-order chi connectivity index (χ0) is 43.5. The zero-order valence-corrected chi connectivity index (χ0v) is 37.1. The third kappa shape index (κ3) is 5.16. The van der Waals surface area contributed by atoms with Crippen molar-refractivity contribution in [3.63, 3.8) is 0 Å². The first kappa shape index (κ1) is 37.3. The molecular formula is C64H41NS. The summed E-state index contributed by atoms with van der Waals surface area (Å²) in [6, 6.07) is 86.3. The standard InChI is InChI=1S/C64H41NS/c1-40-38-62-54(52-21-7-11-33-61(52)66-62)39-60(40)65(43-36-34-42(35-37-43)45-23-13-26-48-47(45)25-14-27-49(48)46-24-12-17-41-16-2-3-18-44(41)46)59-32-15-31-58-63(59)53-22-6-10-30-57(53)64(58)55-28-8-4-19-50(55)51-20-5-9-29-56(51)64/h2-39H,1H3. The molecule has 11 aromatic carbocycles. The Labute approximate surface area is 388 Å². The van der Waals surface area contributed by atoms with Crippen molar-refractivity contribution in [3.05, 3.63) is 258 Å². The second-order valence-corrected chi connectivity index (χ2v) is 19.0. The fourth-order valence-corrected chi connectivity index (χ4v) is 13.1. The van der Waals surface area contributed by atoms with Crippen LogP contribution in [0.5, 0.6) is 0 Å². The number of anilines is 3. The molecule has 0 aliphatic heterocycles. The highest BCUT2D eigenvalue weighted by atomic mass is 32.1. The van der Waals surface area contributed by atoms with Crippen LogP contribution in [0.15, 0.2) is 231 Å². The highest BCUT2D eigenvalue weighted by Crippen LogP contribution is 2.65. The lowest BCUT2D eigenvalue weighted by molar-refractivity contribution is 0.794. The Morgan fingerprint density at radius 2 is 0.864 bits per heavy atom. The van der Waals surface area contributed by atoms with Crippen LogP contribution in [0.2, 0.25) is 0 Å². The fraction of sp³-hybridized carbons (Fsp3) is 0.0312. The lowest BCUT2D eigenvalue weighted by Gasteiger charge is -2.32. The Kier molecular flexibility index (Phi) is 8.05. The predicted molar refractivity (Wildman–Crippen MR) is 281 cm³/mol. The largest absolute Gasteiger partial charge is 0.310 e. The summed E-state index contributed by atoms with van der Waals surface area (Å²) in [4.78, 5) is 2.55. The van der Waals surface area contributed by atoms with Gasteiger partial charge >= 0.3 is 0 Å². The highest BCUT2D eigenvalue weighted by Gasteiger charge is 2.52. The van der Waals surface area contributed by atoms with Gasteiger partial charge in [0.1, 0.15) is 0 Å². The van der Waals surface area contributed by atoms with Gasteiger partial charge in [-0.05, 0) is 132 Å². The van der Waals surface area contributed by atoms with Crippen LogP contribution in [-0.4, -0.2) is 0 Å². The van der Waals surface area contributed by atoms with E-state index in [4.69, 9.17) is 0 Å².